The van der Waals surface area contributed by atoms with Gasteiger partial charge in [-0.2, -0.15) is 13.8 Å². The smallest absolute Gasteiger partial charge is 0.342 e. The zero-order chi connectivity index (χ0) is 45.6. The summed E-state index contributed by atoms with van der Waals surface area (Å²) in [6.45, 7) is 5.23. The number of rotatable bonds is 11. The molecule has 340 valence electrons. The minimum atomic E-state index is -3.61. The molecule has 8 rings (SSSR count). The van der Waals surface area contributed by atoms with Gasteiger partial charge in [0.1, 0.15) is 17.5 Å². The lowest BCUT2D eigenvalue weighted by Crippen LogP contribution is -2.54. The fraction of sp³-hybridized carbons (Fsp3) is 0.511. The minimum absolute atomic E-state index is 0.0176. The van der Waals surface area contributed by atoms with Crippen LogP contribution in [0.5, 0.6) is 5.75 Å². The van der Waals surface area contributed by atoms with Crippen LogP contribution in [0.4, 0.5) is 37.6 Å². The average Bonchev–Trinajstić information content (AvgIpc) is 3.49. The number of amides is 6. The van der Waals surface area contributed by atoms with Crippen molar-refractivity contribution in [3.63, 3.8) is 0 Å². The van der Waals surface area contributed by atoms with Crippen LogP contribution in [0.15, 0.2) is 42.6 Å². The number of nitrogens with one attached hydrogen (secondary N) is 3. The van der Waals surface area contributed by atoms with Crippen LogP contribution < -0.4 is 35.4 Å². The summed E-state index contributed by atoms with van der Waals surface area (Å²) in [6.07, 6.45) is 7.04. The Kier molecular flexibility index (Phi) is 12.3. The molecule has 6 amide bonds. The topological polar surface area (TPSA) is 190 Å². The summed E-state index contributed by atoms with van der Waals surface area (Å²) in [5.41, 5.74) is 2.47. The maximum Gasteiger partial charge on any atom is 0.342 e. The third-order valence-corrected chi connectivity index (χ3v) is 13.3. The predicted octanol–water partition coefficient (Wildman–Crippen LogP) is 4.35. The molecule has 64 heavy (non-hydrogen) atoms. The number of carbonyl (C=O) groups excluding carboxylic acids is 6. The quantitative estimate of drug-likeness (QED) is 0.231. The second-order valence-corrected chi connectivity index (χ2v) is 17.8. The van der Waals surface area contributed by atoms with E-state index in [0.29, 0.717) is 29.0 Å². The molecule has 1 aliphatic carbocycles. The first kappa shape index (κ1) is 44.4. The highest BCUT2D eigenvalue weighted by molar-refractivity contribution is 6.23. The number of piperidine rings is 2. The molecule has 0 bridgehead atoms. The minimum Gasteiger partial charge on any atom is -0.495 e. The van der Waals surface area contributed by atoms with E-state index in [9.17, 15) is 37.5 Å². The van der Waals surface area contributed by atoms with Crippen molar-refractivity contribution >= 4 is 64.3 Å². The first-order chi connectivity index (χ1) is 30.5. The van der Waals surface area contributed by atoms with E-state index in [-0.39, 0.29) is 59.4 Å². The SMILES string of the molecule is COc1cc(C(=O)NC2CCC(N(C)CC3CCN(c4ccc5c(c4)C(=O)N(C4CCC(=O)NC4=O)C5=O)CC3)CC2)ccc1Nc1ncc2c(n1)N(C(C)C)CC(F)(F)C(=O)N2C. The van der Waals surface area contributed by atoms with Crippen molar-refractivity contribution in [3.05, 3.63) is 59.3 Å². The molecule has 3 fully saturated rings. The number of alkyl halides is 2. The summed E-state index contributed by atoms with van der Waals surface area (Å²) >= 11 is 0. The van der Waals surface area contributed by atoms with E-state index in [1.165, 1.54) is 25.3 Å². The van der Waals surface area contributed by atoms with Crippen molar-refractivity contribution < 1.29 is 42.3 Å². The molecule has 4 aliphatic heterocycles. The summed E-state index contributed by atoms with van der Waals surface area (Å²) in [5.74, 6) is -6.06. The van der Waals surface area contributed by atoms with E-state index in [2.05, 4.69) is 42.8 Å². The lowest BCUT2D eigenvalue weighted by atomic mass is 9.88. The molecule has 1 unspecified atom stereocenters. The first-order valence-electron chi connectivity index (χ1n) is 21.9. The predicted molar refractivity (Wildman–Crippen MR) is 233 cm³/mol. The summed E-state index contributed by atoms with van der Waals surface area (Å²) in [6, 6.07) is 9.29. The van der Waals surface area contributed by atoms with Gasteiger partial charge in [0, 0.05) is 62.5 Å². The van der Waals surface area contributed by atoms with Gasteiger partial charge in [-0.3, -0.25) is 39.0 Å². The van der Waals surface area contributed by atoms with Crippen molar-refractivity contribution in [3.8, 4) is 5.75 Å². The molecule has 1 aromatic heterocycles. The zero-order valence-corrected chi connectivity index (χ0v) is 36.7. The molecule has 2 aromatic carbocycles. The van der Waals surface area contributed by atoms with E-state index in [4.69, 9.17) is 4.74 Å². The van der Waals surface area contributed by atoms with Gasteiger partial charge in [0.2, 0.25) is 17.8 Å². The number of nitrogens with zero attached hydrogens (tertiary/aromatic N) is 7. The van der Waals surface area contributed by atoms with Crippen LogP contribution in [0, 0.1) is 5.92 Å². The van der Waals surface area contributed by atoms with E-state index in [0.717, 1.165) is 73.6 Å². The Morgan fingerprint density at radius 2 is 1.69 bits per heavy atom. The largest absolute Gasteiger partial charge is 0.495 e. The molecular weight excluding hydrogens is 831 g/mol. The van der Waals surface area contributed by atoms with Crippen LogP contribution in [0.2, 0.25) is 0 Å². The number of fused-ring (bicyclic) bond motifs is 2. The molecule has 1 atom stereocenters. The van der Waals surface area contributed by atoms with Crippen LogP contribution in [-0.2, 0) is 14.4 Å². The van der Waals surface area contributed by atoms with Crippen molar-refractivity contribution in [1.29, 1.82) is 0 Å². The van der Waals surface area contributed by atoms with Gasteiger partial charge in [-0.25, -0.2) is 4.98 Å². The standard InChI is InChI=1S/C45H54F2N10O7/c1-25(2)56-24-45(46,47)43(63)54(4)35-22-48-44(52-38(35)56)50-33-13-6-27(20-36(33)64-5)39(59)49-28-7-9-29(10-8-28)53(3)23-26-16-18-55(19-17-26)30-11-12-31-32(21-30)42(62)57(41(31)61)34-14-15-37(58)51-40(34)60/h6,11-13,20-22,25-26,28-29,34H,7-10,14-19,23-24H2,1-5H3,(H,49,59)(H,48,50,52)(H,51,58,60). The second kappa shape index (κ2) is 17.7. The van der Waals surface area contributed by atoms with Crippen LogP contribution in [0.3, 0.4) is 0 Å². The monoisotopic (exact) mass is 884 g/mol. The Hall–Kier alpha value is -6.24. The van der Waals surface area contributed by atoms with E-state index in [1.54, 1.807) is 44.2 Å². The van der Waals surface area contributed by atoms with Gasteiger partial charge >= 0.3 is 5.92 Å². The lowest BCUT2D eigenvalue weighted by molar-refractivity contribution is -0.140. The Balaban J connectivity index is 0.807. The Labute approximate surface area is 369 Å². The highest BCUT2D eigenvalue weighted by Crippen LogP contribution is 2.38. The van der Waals surface area contributed by atoms with E-state index >= 15 is 0 Å². The van der Waals surface area contributed by atoms with Gasteiger partial charge in [-0.1, -0.05) is 0 Å². The van der Waals surface area contributed by atoms with Crippen molar-refractivity contribution in [2.75, 3.05) is 67.4 Å². The van der Waals surface area contributed by atoms with Crippen LogP contribution in [0.1, 0.15) is 96.3 Å². The number of aromatic nitrogens is 2. The van der Waals surface area contributed by atoms with E-state index < -0.39 is 48.0 Å². The lowest BCUT2D eigenvalue weighted by Gasteiger charge is -2.39. The fourth-order valence-electron chi connectivity index (χ4n) is 9.58. The second-order valence-electron chi connectivity index (χ2n) is 17.8. The van der Waals surface area contributed by atoms with Gasteiger partial charge in [0.25, 0.3) is 23.6 Å². The Morgan fingerprint density at radius 3 is 2.38 bits per heavy atom. The number of hydrogen-bond donors (Lipinski definition) is 3. The number of anilines is 5. The summed E-state index contributed by atoms with van der Waals surface area (Å²) in [7, 11) is 4.93. The van der Waals surface area contributed by atoms with Crippen LogP contribution >= 0.6 is 0 Å². The first-order valence-corrected chi connectivity index (χ1v) is 21.9. The highest BCUT2D eigenvalue weighted by atomic mass is 19.3. The normalized spacial score (nSPS) is 22.7. The molecule has 1 saturated carbocycles. The maximum absolute atomic E-state index is 14.8. The van der Waals surface area contributed by atoms with E-state index in [1.807, 2.05) is 6.07 Å². The zero-order valence-electron chi connectivity index (χ0n) is 36.7. The summed E-state index contributed by atoms with van der Waals surface area (Å²) < 4.78 is 35.2. The summed E-state index contributed by atoms with van der Waals surface area (Å²) in [4.78, 5) is 93.3. The van der Waals surface area contributed by atoms with Crippen molar-refractivity contribution in [1.82, 2.24) is 30.4 Å². The van der Waals surface area contributed by atoms with Gasteiger partial charge in [-0.15, -0.1) is 0 Å². The number of imide groups is 2. The molecule has 2 saturated heterocycles. The Morgan fingerprint density at radius 1 is 0.969 bits per heavy atom. The molecule has 3 N–H and O–H groups in total. The van der Waals surface area contributed by atoms with Crippen molar-refractivity contribution in [2.24, 2.45) is 5.92 Å². The number of benzene rings is 2. The number of hydrogen-bond acceptors (Lipinski definition) is 13. The number of carbonyl (C=O) groups is 6. The third kappa shape index (κ3) is 8.68. The number of methoxy groups -OCH3 is 1. The highest BCUT2D eigenvalue weighted by Gasteiger charge is 2.48. The van der Waals surface area contributed by atoms with Crippen LogP contribution in [0.25, 0.3) is 0 Å². The summed E-state index contributed by atoms with van der Waals surface area (Å²) in [5, 5.41) is 8.51. The molecular formula is C45H54F2N10O7. The molecule has 3 aromatic rings. The molecule has 17 nitrogen and oxygen atoms in total. The maximum atomic E-state index is 14.8. The number of ether oxygens (including phenoxy) is 1. The van der Waals surface area contributed by atoms with Crippen molar-refractivity contribution in [2.45, 2.75) is 95.3 Å². The van der Waals surface area contributed by atoms with Crippen LogP contribution in [-0.4, -0.2) is 133 Å². The van der Waals surface area contributed by atoms with Gasteiger partial charge < -0.3 is 35.0 Å². The molecule has 19 heteroatoms. The molecule has 5 heterocycles. The fourth-order valence-corrected chi connectivity index (χ4v) is 9.58. The van der Waals surface area contributed by atoms with Gasteiger partial charge in [0.05, 0.1) is 36.7 Å². The average molecular weight is 885 g/mol. The number of halogens is 2. The molecule has 5 aliphatic rings. The van der Waals surface area contributed by atoms with Gasteiger partial charge in [-0.05, 0) is 108 Å². The van der Waals surface area contributed by atoms with Gasteiger partial charge in [0.15, 0.2) is 5.82 Å². The molecule has 0 radical (unpaired) electrons. The third-order valence-electron chi connectivity index (χ3n) is 13.3. The molecule has 0 spiro atoms. The Bertz CT molecular complexity index is 2360.